The number of nitrogens with one attached hydrogen (secondary N) is 2. The number of carbonyl (C=O) groups is 1. The number of piperidine rings is 1. The Kier molecular flexibility index (Phi) is 7.36. The van der Waals surface area contributed by atoms with Gasteiger partial charge in [0.25, 0.3) is 0 Å². The SMILES string of the molecule is CCCCOC(=O)[C@@H]1CC[C@H](NOCc2ccccc2)CN1. The number of carbonyl (C=O) groups excluding carboxylic acids is 1. The van der Waals surface area contributed by atoms with E-state index in [2.05, 4.69) is 17.7 Å². The van der Waals surface area contributed by atoms with Crippen LogP contribution in [0.1, 0.15) is 38.2 Å². The van der Waals surface area contributed by atoms with Gasteiger partial charge in [-0.3, -0.25) is 9.63 Å². The molecule has 0 saturated carbocycles. The minimum atomic E-state index is -0.177. The van der Waals surface area contributed by atoms with Crippen molar-refractivity contribution in [3.63, 3.8) is 0 Å². The van der Waals surface area contributed by atoms with Crippen LogP contribution in [0.3, 0.4) is 0 Å². The minimum absolute atomic E-state index is 0.128. The van der Waals surface area contributed by atoms with Crippen molar-refractivity contribution in [2.45, 2.75) is 51.3 Å². The van der Waals surface area contributed by atoms with Crippen molar-refractivity contribution in [3.05, 3.63) is 35.9 Å². The molecule has 2 atom stereocenters. The molecule has 0 aromatic heterocycles. The molecule has 1 aromatic rings. The van der Waals surface area contributed by atoms with Gasteiger partial charge in [-0.25, -0.2) is 0 Å². The van der Waals surface area contributed by atoms with Crippen molar-refractivity contribution in [1.29, 1.82) is 0 Å². The first-order chi connectivity index (χ1) is 10.8. The van der Waals surface area contributed by atoms with Gasteiger partial charge in [0, 0.05) is 12.6 Å². The number of ether oxygens (including phenoxy) is 1. The zero-order valence-electron chi connectivity index (χ0n) is 13.2. The maximum absolute atomic E-state index is 11.8. The summed E-state index contributed by atoms with van der Waals surface area (Å²) in [6, 6.07) is 10.1. The smallest absolute Gasteiger partial charge is 0.323 e. The molecule has 1 aliphatic rings. The number of rotatable bonds is 8. The normalized spacial score (nSPS) is 21.5. The lowest BCUT2D eigenvalue weighted by Crippen LogP contribution is -2.51. The molecule has 1 saturated heterocycles. The fraction of sp³-hybridized carbons (Fsp3) is 0.588. The van der Waals surface area contributed by atoms with E-state index in [9.17, 15) is 4.79 Å². The summed E-state index contributed by atoms with van der Waals surface area (Å²) in [5.41, 5.74) is 4.20. The van der Waals surface area contributed by atoms with Crippen molar-refractivity contribution >= 4 is 5.97 Å². The predicted octanol–water partition coefficient (Wildman–Crippen LogP) is 2.17. The number of hydrogen-bond donors (Lipinski definition) is 2. The molecule has 122 valence electrons. The van der Waals surface area contributed by atoms with E-state index < -0.39 is 0 Å². The van der Waals surface area contributed by atoms with Crippen molar-refractivity contribution in [2.75, 3.05) is 13.2 Å². The molecule has 1 heterocycles. The average molecular weight is 306 g/mol. The molecular weight excluding hydrogens is 280 g/mol. The molecule has 1 fully saturated rings. The van der Waals surface area contributed by atoms with E-state index in [1.54, 1.807) is 0 Å². The van der Waals surface area contributed by atoms with Crippen molar-refractivity contribution in [3.8, 4) is 0 Å². The molecule has 0 amide bonds. The lowest BCUT2D eigenvalue weighted by atomic mass is 10.0. The fourth-order valence-corrected chi connectivity index (χ4v) is 2.39. The first-order valence-corrected chi connectivity index (χ1v) is 8.11. The van der Waals surface area contributed by atoms with Crippen LogP contribution in [0, 0.1) is 0 Å². The Balaban J connectivity index is 1.59. The quantitative estimate of drug-likeness (QED) is 0.438. The molecule has 1 aromatic carbocycles. The van der Waals surface area contributed by atoms with Gasteiger partial charge in [-0.2, -0.15) is 5.48 Å². The van der Waals surface area contributed by atoms with Crippen molar-refractivity contribution in [2.24, 2.45) is 0 Å². The standard InChI is InChI=1S/C17H26N2O3/c1-2-3-11-21-17(20)16-10-9-15(12-18-16)19-22-13-14-7-5-4-6-8-14/h4-8,15-16,18-19H,2-3,9-13H2,1H3/t15-,16-/m0/s1. The monoisotopic (exact) mass is 306 g/mol. The lowest BCUT2D eigenvalue weighted by molar-refractivity contribution is -0.147. The highest BCUT2D eigenvalue weighted by Crippen LogP contribution is 2.10. The van der Waals surface area contributed by atoms with Crippen molar-refractivity contribution in [1.82, 2.24) is 10.8 Å². The van der Waals surface area contributed by atoms with Crippen LogP contribution in [0.25, 0.3) is 0 Å². The third-order valence-electron chi connectivity index (χ3n) is 3.77. The fourth-order valence-electron chi connectivity index (χ4n) is 2.39. The highest BCUT2D eigenvalue weighted by molar-refractivity contribution is 5.75. The Morgan fingerprint density at radius 3 is 2.82 bits per heavy atom. The van der Waals surface area contributed by atoms with E-state index in [0.717, 1.165) is 31.2 Å². The third-order valence-corrected chi connectivity index (χ3v) is 3.77. The molecule has 5 heteroatoms. The highest BCUT2D eigenvalue weighted by Gasteiger charge is 2.26. The van der Waals surface area contributed by atoms with Gasteiger partial charge in [0.05, 0.1) is 13.2 Å². The van der Waals surface area contributed by atoms with E-state index >= 15 is 0 Å². The van der Waals surface area contributed by atoms with Crippen LogP contribution in [0.15, 0.2) is 30.3 Å². The number of unbranched alkanes of at least 4 members (excludes halogenated alkanes) is 1. The van der Waals surface area contributed by atoms with Crippen LogP contribution in [-0.2, 0) is 21.0 Å². The first-order valence-electron chi connectivity index (χ1n) is 8.11. The van der Waals surface area contributed by atoms with E-state index in [4.69, 9.17) is 9.57 Å². The average Bonchev–Trinajstić information content (AvgIpc) is 2.56. The third kappa shape index (κ3) is 5.75. The van der Waals surface area contributed by atoms with Gasteiger partial charge in [0.1, 0.15) is 6.04 Å². The van der Waals surface area contributed by atoms with Crippen LogP contribution in [-0.4, -0.2) is 31.2 Å². The lowest BCUT2D eigenvalue weighted by Gasteiger charge is -2.28. The molecular formula is C17H26N2O3. The summed E-state index contributed by atoms with van der Waals surface area (Å²) in [6.45, 7) is 3.86. The molecule has 0 radical (unpaired) electrons. The minimum Gasteiger partial charge on any atom is -0.465 e. The van der Waals surface area contributed by atoms with E-state index in [0.29, 0.717) is 19.8 Å². The highest BCUT2D eigenvalue weighted by atomic mass is 16.6. The van der Waals surface area contributed by atoms with Crippen LogP contribution < -0.4 is 10.8 Å². The van der Waals surface area contributed by atoms with Gasteiger partial charge in [-0.1, -0.05) is 43.7 Å². The number of esters is 1. The Bertz CT molecular complexity index is 431. The van der Waals surface area contributed by atoms with Gasteiger partial charge in [-0.15, -0.1) is 0 Å². The van der Waals surface area contributed by atoms with Crippen LogP contribution >= 0.6 is 0 Å². The van der Waals surface area contributed by atoms with Crippen molar-refractivity contribution < 1.29 is 14.4 Å². The number of hydroxylamine groups is 1. The Hall–Kier alpha value is -1.43. The molecule has 0 spiro atoms. The molecule has 0 bridgehead atoms. The predicted molar refractivity (Wildman–Crippen MR) is 85.0 cm³/mol. The summed E-state index contributed by atoms with van der Waals surface area (Å²) < 4.78 is 5.24. The maximum atomic E-state index is 11.8. The molecule has 5 nitrogen and oxygen atoms in total. The first kappa shape index (κ1) is 16.9. The topological polar surface area (TPSA) is 59.6 Å². The van der Waals surface area contributed by atoms with Crippen LogP contribution in [0.4, 0.5) is 0 Å². The summed E-state index contributed by atoms with van der Waals surface area (Å²) in [5.74, 6) is -0.128. The second kappa shape index (κ2) is 9.56. The van der Waals surface area contributed by atoms with Crippen LogP contribution in [0.2, 0.25) is 0 Å². The van der Waals surface area contributed by atoms with Gasteiger partial charge >= 0.3 is 5.97 Å². The molecule has 2 rings (SSSR count). The zero-order valence-corrected chi connectivity index (χ0v) is 13.2. The van der Waals surface area contributed by atoms with E-state index in [1.807, 2.05) is 30.3 Å². The number of hydrogen-bond acceptors (Lipinski definition) is 5. The Morgan fingerprint density at radius 1 is 1.32 bits per heavy atom. The Morgan fingerprint density at radius 2 is 2.14 bits per heavy atom. The molecule has 22 heavy (non-hydrogen) atoms. The molecule has 1 aliphatic heterocycles. The molecule has 2 N–H and O–H groups in total. The van der Waals surface area contributed by atoms with Gasteiger partial charge in [0.15, 0.2) is 0 Å². The second-order valence-electron chi connectivity index (χ2n) is 5.65. The summed E-state index contributed by atoms with van der Waals surface area (Å²) in [5, 5.41) is 3.23. The van der Waals surface area contributed by atoms with Crippen LogP contribution in [0.5, 0.6) is 0 Å². The van der Waals surface area contributed by atoms with Gasteiger partial charge in [-0.05, 0) is 24.8 Å². The Labute approximate surface area is 132 Å². The van der Waals surface area contributed by atoms with Gasteiger partial charge < -0.3 is 10.1 Å². The van der Waals surface area contributed by atoms with Gasteiger partial charge in [0.2, 0.25) is 0 Å². The summed E-state index contributed by atoms with van der Waals surface area (Å²) in [4.78, 5) is 17.4. The second-order valence-corrected chi connectivity index (χ2v) is 5.65. The summed E-state index contributed by atoms with van der Waals surface area (Å²) in [7, 11) is 0. The van der Waals surface area contributed by atoms with E-state index in [-0.39, 0.29) is 18.1 Å². The maximum Gasteiger partial charge on any atom is 0.323 e. The molecule has 0 aliphatic carbocycles. The molecule has 0 unspecified atom stereocenters. The largest absolute Gasteiger partial charge is 0.465 e. The summed E-state index contributed by atoms with van der Waals surface area (Å²) in [6.07, 6.45) is 3.64. The van der Waals surface area contributed by atoms with E-state index in [1.165, 1.54) is 0 Å². The summed E-state index contributed by atoms with van der Waals surface area (Å²) >= 11 is 0. The number of benzene rings is 1. The zero-order chi connectivity index (χ0) is 15.6.